The molecule has 0 atom stereocenters. The standard InChI is InChI=1S/C21H37N3O2S.HI/c1-4-6-7-8-9-10-11-16-23-21(22-5-2)24-17-19-12-14-20(15-13-19)18-27(3,25)26;/h12-15H,4-11,16-18H2,1-3H3,(H2,22,23,24);1H. The van der Waals surface area contributed by atoms with Crippen molar-refractivity contribution >= 4 is 39.8 Å². The molecular formula is C21H38IN3O2S. The van der Waals surface area contributed by atoms with Crippen molar-refractivity contribution in [3.63, 3.8) is 0 Å². The summed E-state index contributed by atoms with van der Waals surface area (Å²) in [6, 6.07) is 7.63. The Kier molecular flexibility index (Phi) is 15.5. The molecule has 0 saturated heterocycles. The van der Waals surface area contributed by atoms with E-state index in [4.69, 9.17) is 0 Å². The summed E-state index contributed by atoms with van der Waals surface area (Å²) in [6.45, 7) is 6.65. The van der Waals surface area contributed by atoms with E-state index in [1.54, 1.807) is 0 Å². The van der Waals surface area contributed by atoms with Gasteiger partial charge in [0.1, 0.15) is 0 Å². The molecular weight excluding hydrogens is 485 g/mol. The smallest absolute Gasteiger partial charge is 0.191 e. The average Bonchev–Trinajstić information content (AvgIpc) is 2.61. The van der Waals surface area contributed by atoms with Crippen LogP contribution in [0.5, 0.6) is 0 Å². The van der Waals surface area contributed by atoms with Crippen molar-refractivity contribution in [3.05, 3.63) is 35.4 Å². The molecule has 0 aromatic heterocycles. The molecule has 0 spiro atoms. The summed E-state index contributed by atoms with van der Waals surface area (Å²) < 4.78 is 22.7. The van der Waals surface area contributed by atoms with Crippen molar-refractivity contribution < 1.29 is 8.42 Å². The molecule has 2 N–H and O–H groups in total. The summed E-state index contributed by atoms with van der Waals surface area (Å²) >= 11 is 0. The van der Waals surface area contributed by atoms with E-state index in [1.165, 1.54) is 44.8 Å². The van der Waals surface area contributed by atoms with Crippen LogP contribution in [0.1, 0.15) is 69.9 Å². The van der Waals surface area contributed by atoms with E-state index in [9.17, 15) is 8.42 Å². The fourth-order valence-electron chi connectivity index (χ4n) is 2.84. The predicted octanol–water partition coefficient (Wildman–Crippen LogP) is 4.65. The molecule has 1 rings (SSSR count). The summed E-state index contributed by atoms with van der Waals surface area (Å²) in [4.78, 5) is 4.62. The van der Waals surface area contributed by atoms with E-state index >= 15 is 0 Å². The Bertz CT molecular complexity index is 646. The maximum atomic E-state index is 11.3. The fraction of sp³-hybridized carbons (Fsp3) is 0.667. The van der Waals surface area contributed by atoms with Crippen LogP contribution in [0.15, 0.2) is 29.3 Å². The molecule has 0 fully saturated rings. The van der Waals surface area contributed by atoms with Gasteiger partial charge in [0, 0.05) is 19.3 Å². The Balaban J connectivity index is 0.00000729. The van der Waals surface area contributed by atoms with Gasteiger partial charge in [-0.15, -0.1) is 24.0 Å². The first-order valence-electron chi connectivity index (χ1n) is 10.2. The molecule has 1 aromatic rings. The Morgan fingerprint density at radius 2 is 1.46 bits per heavy atom. The highest BCUT2D eigenvalue weighted by molar-refractivity contribution is 14.0. The molecule has 0 bridgehead atoms. The number of nitrogens with one attached hydrogen (secondary N) is 2. The van der Waals surface area contributed by atoms with Crippen molar-refractivity contribution in [3.8, 4) is 0 Å². The van der Waals surface area contributed by atoms with Gasteiger partial charge in [0.15, 0.2) is 15.8 Å². The lowest BCUT2D eigenvalue weighted by atomic mass is 10.1. The highest BCUT2D eigenvalue weighted by Crippen LogP contribution is 2.09. The highest BCUT2D eigenvalue weighted by Gasteiger charge is 2.04. The Hall–Kier alpha value is -0.830. The first-order valence-corrected chi connectivity index (χ1v) is 12.3. The minimum absolute atomic E-state index is 0. The van der Waals surface area contributed by atoms with Crippen LogP contribution in [0, 0.1) is 0 Å². The van der Waals surface area contributed by atoms with Crippen LogP contribution in [-0.2, 0) is 22.1 Å². The van der Waals surface area contributed by atoms with Gasteiger partial charge < -0.3 is 10.6 Å². The Morgan fingerprint density at radius 1 is 0.893 bits per heavy atom. The van der Waals surface area contributed by atoms with Gasteiger partial charge in [0.05, 0.1) is 12.3 Å². The second kappa shape index (κ2) is 16.0. The number of hydrogen-bond acceptors (Lipinski definition) is 3. The lowest BCUT2D eigenvalue weighted by Crippen LogP contribution is -2.37. The lowest BCUT2D eigenvalue weighted by Gasteiger charge is -2.11. The summed E-state index contributed by atoms with van der Waals surface area (Å²) in [7, 11) is -2.99. The van der Waals surface area contributed by atoms with E-state index in [2.05, 4.69) is 29.5 Å². The number of halogens is 1. The van der Waals surface area contributed by atoms with Crippen LogP contribution >= 0.6 is 24.0 Å². The number of guanidine groups is 1. The second-order valence-corrected chi connectivity index (χ2v) is 9.27. The number of aliphatic imine (C=N–C) groups is 1. The number of unbranched alkanes of at least 4 members (excludes halogenated alkanes) is 6. The van der Waals surface area contributed by atoms with Crippen LogP contribution in [0.25, 0.3) is 0 Å². The summed E-state index contributed by atoms with van der Waals surface area (Å²) in [5.41, 5.74) is 1.88. The lowest BCUT2D eigenvalue weighted by molar-refractivity contribution is 0.584. The molecule has 162 valence electrons. The van der Waals surface area contributed by atoms with Crippen LogP contribution < -0.4 is 10.6 Å². The zero-order valence-corrected chi connectivity index (χ0v) is 20.8. The molecule has 0 aliphatic rings. The molecule has 0 aliphatic carbocycles. The number of sulfone groups is 1. The van der Waals surface area contributed by atoms with E-state index < -0.39 is 9.84 Å². The minimum Gasteiger partial charge on any atom is -0.357 e. The summed E-state index contributed by atoms with van der Waals surface area (Å²) in [6.07, 6.45) is 10.3. The molecule has 1 aromatic carbocycles. The van der Waals surface area contributed by atoms with Gasteiger partial charge >= 0.3 is 0 Å². The largest absolute Gasteiger partial charge is 0.357 e. The van der Waals surface area contributed by atoms with Crippen molar-refractivity contribution in [1.29, 1.82) is 0 Å². The minimum atomic E-state index is -2.99. The zero-order valence-electron chi connectivity index (χ0n) is 17.7. The summed E-state index contributed by atoms with van der Waals surface area (Å²) in [5.74, 6) is 0.919. The monoisotopic (exact) mass is 523 g/mol. The number of benzene rings is 1. The van der Waals surface area contributed by atoms with Gasteiger partial charge in [0.2, 0.25) is 0 Å². The Morgan fingerprint density at radius 3 is 2.04 bits per heavy atom. The van der Waals surface area contributed by atoms with Gasteiger partial charge in [-0.25, -0.2) is 13.4 Å². The SMILES string of the molecule is CCCCCCCCCNC(=NCc1ccc(CS(C)(=O)=O)cc1)NCC.I. The van der Waals surface area contributed by atoms with Gasteiger partial charge in [-0.1, -0.05) is 69.7 Å². The number of hydrogen-bond donors (Lipinski definition) is 2. The molecule has 0 radical (unpaired) electrons. The van der Waals surface area contributed by atoms with Crippen molar-refractivity contribution in [2.75, 3.05) is 19.3 Å². The molecule has 7 heteroatoms. The highest BCUT2D eigenvalue weighted by atomic mass is 127. The number of nitrogens with zero attached hydrogens (tertiary/aromatic N) is 1. The molecule has 0 heterocycles. The molecule has 0 saturated carbocycles. The van der Waals surface area contributed by atoms with E-state index in [1.807, 2.05) is 24.3 Å². The van der Waals surface area contributed by atoms with Crippen LogP contribution in [-0.4, -0.2) is 33.7 Å². The molecule has 0 aliphatic heterocycles. The predicted molar refractivity (Wildman–Crippen MR) is 131 cm³/mol. The Labute approximate surface area is 189 Å². The van der Waals surface area contributed by atoms with Gasteiger partial charge in [0.25, 0.3) is 0 Å². The zero-order chi connectivity index (χ0) is 20.0. The molecule has 5 nitrogen and oxygen atoms in total. The van der Waals surface area contributed by atoms with Crippen LogP contribution in [0.2, 0.25) is 0 Å². The van der Waals surface area contributed by atoms with Crippen molar-refractivity contribution in [2.24, 2.45) is 4.99 Å². The average molecular weight is 524 g/mol. The summed E-state index contributed by atoms with van der Waals surface area (Å²) in [5, 5.41) is 6.67. The van der Waals surface area contributed by atoms with Crippen molar-refractivity contribution in [1.82, 2.24) is 10.6 Å². The van der Waals surface area contributed by atoms with E-state index in [-0.39, 0.29) is 29.7 Å². The van der Waals surface area contributed by atoms with Crippen LogP contribution in [0.4, 0.5) is 0 Å². The van der Waals surface area contributed by atoms with Gasteiger partial charge in [-0.2, -0.15) is 0 Å². The molecule has 0 amide bonds. The first-order chi connectivity index (χ1) is 12.9. The quantitative estimate of drug-likeness (QED) is 0.171. The van der Waals surface area contributed by atoms with Gasteiger partial charge in [-0.3, -0.25) is 0 Å². The molecule has 0 unspecified atom stereocenters. The van der Waals surface area contributed by atoms with Crippen LogP contribution in [0.3, 0.4) is 0 Å². The third-order valence-corrected chi connectivity index (χ3v) is 5.15. The normalized spacial score (nSPS) is 11.8. The topological polar surface area (TPSA) is 70.6 Å². The maximum absolute atomic E-state index is 11.3. The first kappa shape index (κ1) is 27.2. The number of rotatable bonds is 13. The fourth-order valence-corrected chi connectivity index (χ4v) is 3.64. The third kappa shape index (κ3) is 14.2. The van der Waals surface area contributed by atoms with Crippen molar-refractivity contribution in [2.45, 2.75) is 71.1 Å². The molecule has 28 heavy (non-hydrogen) atoms. The van der Waals surface area contributed by atoms with Gasteiger partial charge in [-0.05, 0) is 24.5 Å². The maximum Gasteiger partial charge on any atom is 0.191 e. The van der Waals surface area contributed by atoms with E-state index in [0.29, 0.717) is 6.54 Å². The van der Waals surface area contributed by atoms with E-state index in [0.717, 1.165) is 36.6 Å². The third-order valence-electron chi connectivity index (χ3n) is 4.29. The second-order valence-electron chi connectivity index (χ2n) is 7.13.